The molecule has 0 aliphatic carbocycles. The fourth-order valence-electron chi connectivity index (χ4n) is 2.73. The zero-order valence-corrected chi connectivity index (χ0v) is 12.0. The Morgan fingerprint density at radius 1 is 0.591 bits per heavy atom. The van der Waals surface area contributed by atoms with Gasteiger partial charge in [-0.25, -0.2) is 0 Å². The van der Waals surface area contributed by atoms with Gasteiger partial charge in [0.2, 0.25) is 0 Å². The Labute approximate surface area is 130 Å². The zero-order valence-electron chi connectivity index (χ0n) is 12.0. The second-order valence-corrected chi connectivity index (χ2v) is 5.21. The van der Waals surface area contributed by atoms with Crippen molar-refractivity contribution >= 4 is 21.5 Å². The van der Waals surface area contributed by atoms with Crippen LogP contribution in [0.25, 0.3) is 21.5 Å². The van der Waals surface area contributed by atoms with E-state index in [1.54, 1.807) is 0 Å². The molecule has 0 saturated carbocycles. The number of hydrogen-bond acceptors (Lipinski definition) is 0. The second-order valence-electron chi connectivity index (χ2n) is 5.21. The van der Waals surface area contributed by atoms with Crippen molar-refractivity contribution in [1.29, 1.82) is 0 Å². The standard InChI is InChI=1S/C22H13/c1-3-13-21-17(7-1)9-5-11-19(21)15-16-20-12-6-10-18-8-2-4-14-22(18)20/h1-9,11-14H. The molecule has 0 N–H and O–H groups in total. The van der Waals surface area contributed by atoms with Crippen LogP contribution in [-0.2, 0) is 0 Å². The summed E-state index contributed by atoms with van der Waals surface area (Å²) in [4.78, 5) is 0. The van der Waals surface area contributed by atoms with Crippen LogP contribution in [0.2, 0.25) is 0 Å². The Hall–Kier alpha value is -3.04. The van der Waals surface area contributed by atoms with E-state index in [2.05, 4.69) is 72.5 Å². The lowest BCUT2D eigenvalue weighted by Crippen LogP contribution is -1.81. The predicted molar refractivity (Wildman–Crippen MR) is 92.7 cm³/mol. The minimum atomic E-state index is 1.04. The van der Waals surface area contributed by atoms with Crippen molar-refractivity contribution in [3.05, 3.63) is 96.1 Å². The van der Waals surface area contributed by atoms with E-state index in [4.69, 9.17) is 0 Å². The van der Waals surface area contributed by atoms with Crippen molar-refractivity contribution in [3.8, 4) is 11.8 Å². The third-order valence-electron chi connectivity index (χ3n) is 3.83. The maximum absolute atomic E-state index is 3.33. The summed E-state index contributed by atoms with van der Waals surface area (Å²) >= 11 is 0. The van der Waals surface area contributed by atoms with E-state index in [0.717, 1.165) is 21.9 Å². The van der Waals surface area contributed by atoms with E-state index in [9.17, 15) is 0 Å². The van der Waals surface area contributed by atoms with Gasteiger partial charge >= 0.3 is 0 Å². The van der Waals surface area contributed by atoms with Gasteiger partial charge in [-0.05, 0) is 39.7 Å². The molecule has 0 bridgehead atoms. The molecule has 0 aliphatic rings. The minimum absolute atomic E-state index is 1.04. The summed E-state index contributed by atoms with van der Waals surface area (Å²) in [5, 5.41) is 4.68. The zero-order chi connectivity index (χ0) is 14.8. The van der Waals surface area contributed by atoms with Crippen LogP contribution in [-0.4, -0.2) is 0 Å². The van der Waals surface area contributed by atoms with Gasteiger partial charge in [0.15, 0.2) is 0 Å². The first-order chi connectivity index (χ1) is 10.9. The first-order valence-electron chi connectivity index (χ1n) is 7.31. The highest BCUT2D eigenvalue weighted by molar-refractivity contribution is 5.90. The van der Waals surface area contributed by atoms with Gasteiger partial charge in [0.25, 0.3) is 0 Å². The van der Waals surface area contributed by atoms with Gasteiger partial charge in [0, 0.05) is 11.1 Å². The summed E-state index contributed by atoms with van der Waals surface area (Å²) in [5.41, 5.74) is 2.11. The van der Waals surface area contributed by atoms with E-state index >= 15 is 0 Å². The van der Waals surface area contributed by atoms with Gasteiger partial charge in [-0.2, -0.15) is 0 Å². The summed E-state index contributed by atoms with van der Waals surface area (Å²) in [6, 6.07) is 30.1. The number of benzene rings is 4. The van der Waals surface area contributed by atoms with Crippen molar-refractivity contribution in [2.24, 2.45) is 0 Å². The van der Waals surface area contributed by atoms with Crippen LogP contribution in [0.15, 0.2) is 78.9 Å². The van der Waals surface area contributed by atoms with Gasteiger partial charge in [-0.3, -0.25) is 0 Å². The number of hydrogen-bond donors (Lipinski definition) is 0. The minimum Gasteiger partial charge on any atom is -0.0616 e. The van der Waals surface area contributed by atoms with Crippen molar-refractivity contribution < 1.29 is 0 Å². The van der Waals surface area contributed by atoms with Crippen molar-refractivity contribution in [2.75, 3.05) is 0 Å². The summed E-state index contributed by atoms with van der Waals surface area (Å²) in [5.74, 6) is 6.66. The highest BCUT2D eigenvalue weighted by Gasteiger charge is 1.99. The van der Waals surface area contributed by atoms with Gasteiger partial charge in [0.05, 0.1) is 0 Å². The summed E-state index contributed by atoms with van der Waals surface area (Å²) in [6.07, 6.45) is 0. The number of fused-ring (bicyclic) bond motifs is 2. The molecule has 0 saturated heterocycles. The van der Waals surface area contributed by atoms with E-state index < -0.39 is 0 Å². The van der Waals surface area contributed by atoms with Gasteiger partial charge < -0.3 is 0 Å². The fourth-order valence-corrected chi connectivity index (χ4v) is 2.73. The Balaban J connectivity index is 1.88. The van der Waals surface area contributed by atoms with E-state index in [0.29, 0.717) is 0 Å². The molecule has 0 heteroatoms. The summed E-state index contributed by atoms with van der Waals surface area (Å²) in [7, 11) is 0. The largest absolute Gasteiger partial charge is 0.0616 e. The predicted octanol–water partition coefficient (Wildman–Crippen LogP) is 5.19. The lowest BCUT2D eigenvalue weighted by Gasteiger charge is -2.01. The van der Waals surface area contributed by atoms with E-state index in [1.807, 2.05) is 24.3 Å². The van der Waals surface area contributed by atoms with Crippen LogP contribution in [0.5, 0.6) is 0 Å². The Kier molecular flexibility index (Phi) is 3.11. The molecule has 4 aromatic rings. The molecular formula is C22H13. The molecule has 22 heavy (non-hydrogen) atoms. The number of rotatable bonds is 0. The second kappa shape index (κ2) is 5.39. The molecular weight excluding hydrogens is 264 g/mol. The molecule has 0 fully saturated rings. The van der Waals surface area contributed by atoms with Gasteiger partial charge in [-0.15, -0.1) is 0 Å². The topological polar surface area (TPSA) is 0 Å². The average Bonchev–Trinajstić information content (AvgIpc) is 2.60. The third kappa shape index (κ3) is 2.24. The maximum atomic E-state index is 3.33. The lowest BCUT2D eigenvalue weighted by molar-refractivity contribution is 1.68. The molecule has 4 rings (SSSR count). The Morgan fingerprint density at radius 2 is 1.27 bits per heavy atom. The normalized spacial score (nSPS) is 10.4. The van der Waals surface area contributed by atoms with Crippen molar-refractivity contribution in [1.82, 2.24) is 0 Å². The fraction of sp³-hybridized carbons (Fsp3) is 0. The smallest absolute Gasteiger partial charge is 0.0327 e. The van der Waals surface area contributed by atoms with E-state index in [1.165, 1.54) is 10.8 Å². The molecule has 0 atom stereocenters. The lowest BCUT2D eigenvalue weighted by atomic mass is 10.0. The first kappa shape index (κ1) is 12.7. The van der Waals surface area contributed by atoms with Crippen molar-refractivity contribution in [2.45, 2.75) is 0 Å². The molecule has 101 valence electrons. The summed E-state index contributed by atoms with van der Waals surface area (Å²) in [6.45, 7) is 0. The molecule has 0 aromatic heterocycles. The van der Waals surface area contributed by atoms with Gasteiger partial charge in [0.1, 0.15) is 0 Å². The third-order valence-corrected chi connectivity index (χ3v) is 3.83. The summed E-state index contributed by atoms with van der Waals surface area (Å²) < 4.78 is 0. The molecule has 0 nitrogen and oxygen atoms in total. The Morgan fingerprint density at radius 3 is 2.18 bits per heavy atom. The molecule has 1 radical (unpaired) electrons. The SMILES string of the molecule is C(#Cc1cccc2ccccc12)c1cc[c]c2ccccc12. The Bertz CT molecular complexity index is 936. The van der Waals surface area contributed by atoms with E-state index in [-0.39, 0.29) is 0 Å². The molecule has 0 aliphatic heterocycles. The van der Waals surface area contributed by atoms with Crippen molar-refractivity contribution in [3.63, 3.8) is 0 Å². The average molecular weight is 277 g/mol. The highest BCUT2D eigenvalue weighted by atomic mass is 14.0. The maximum Gasteiger partial charge on any atom is 0.0327 e. The van der Waals surface area contributed by atoms with Crippen LogP contribution >= 0.6 is 0 Å². The van der Waals surface area contributed by atoms with Crippen LogP contribution in [0.1, 0.15) is 11.1 Å². The molecule has 4 aromatic carbocycles. The molecule has 0 amide bonds. The van der Waals surface area contributed by atoms with Crippen LogP contribution in [0.3, 0.4) is 0 Å². The molecule has 0 unspecified atom stereocenters. The first-order valence-corrected chi connectivity index (χ1v) is 7.31. The van der Waals surface area contributed by atoms with Crippen LogP contribution in [0.4, 0.5) is 0 Å². The molecule has 0 heterocycles. The van der Waals surface area contributed by atoms with Crippen LogP contribution in [0, 0.1) is 17.9 Å². The quantitative estimate of drug-likeness (QED) is 0.388. The molecule has 0 spiro atoms. The monoisotopic (exact) mass is 277 g/mol. The highest BCUT2D eigenvalue weighted by Crippen LogP contribution is 2.19. The van der Waals surface area contributed by atoms with Gasteiger partial charge in [-0.1, -0.05) is 78.6 Å². The van der Waals surface area contributed by atoms with Crippen LogP contribution < -0.4 is 0 Å².